The van der Waals surface area contributed by atoms with Crippen LogP contribution in [0.4, 0.5) is 4.79 Å². The molecule has 1 aliphatic heterocycles. The highest BCUT2D eigenvalue weighted by atomic mass is 16.6. The van der Waals surface area contributed by atoms with E-state index in [9.17, 15) is 9.59 Å². The van der Waals surface area contributed by atoms with E-state index < -0.39 is 11.7 Å². The van der Waals surface area contributed by atoms with Gasteiger partial charge < -0.3 is 4.74 Å². The van der Waals surface area contributed by atoms with Crippen molar-refractivity contribution >= 4 is 11.9 Å². The van der Waals surface area contributed by atoms with Crippen LogP contribution in [0.5, 0.6) is 0 Å². The summed E-state index contributed by atoms with van der Waals surface area (Å²) in [6.07, 6.45) is 0.292. The second-order valence-corrected chi connectivity index (χ2v) is 5.71. The predicted molar refractivity (Wildman–Crippen MR) is 72.1 cm³/mol. The second-order valence-electron chi connectivity index (χ2n) is 5.71. The van der Waals surface area contributed by atoms with Crippen molar-refractivity contribution in [2.24, 2.45) is 0 Å². The van der Waals surface area contributed by atoms with E-state index in [1.165, 1.54) is 4.90 Å². The fourth-order valence-electron chi connectivity index (χ4n) is 1.99. The molecule has 1 saturated heterocycles. The molecule has 0 N–H and O–H groups in total. The number of nitrogens with zero attached hydrogens (tertiary/aromatic N) is 1. The Morgan fingerprint density at radius 2 is 1.84 bits per heavy atom. The summed E-state index contributed by atoms with van der Waals surface area (Å²) in [6.45, 7) is 6.04. The van der Waals surface area contributed by atoms with Crippen LogP contribution in [-0.2, 0) is 4.74 Å². The van der Waals surface area contributed by atoms with Gasteiger partial charge in [0.05, 0.1) is 0 Å². The minimum atomic E-state index is -0.535. The van der Waals surface area contributed by atoms with Crippen molar-refractivity contribution in [1.82, 2.24) is 4.90 Å². The molecule has 1 aromatic rings. The van der Waals surface area contributed by atoms with E-state index in [0.29, 0.717) is 18.5 Å². The highest BCUT2D eigenvalue weighted by molar-refractivity contribution is 6.02. The average molecular weight is 261 g/mol. The van der Waals surface area contributed by atoms with Gasteiger partial charge in [-0.25, -0.2) is 4.79 Å². The Kier molecular flexibility index (Phi) is 3.60. The van der Waals surface area contributed by atoms with Crippen molar-refractivity contribution in [1.29, 1.82) is 0 Å². The lowest BCUT2D eigenvalue weighted by Crippen LogP contribution is -2.56. The third-order valence-electron chi connectivity index (χ3n) is 3.01. The molecule has 0 bridgehead atoms. The fourth-order valence-corrected chi connectivity index (χ4v) is 1.99. The molecular weight excluding hydrogens is 242 g/mol. The lowest BCUT2D eigenvalue weighted by molar-refractivity contribution is -0.00268. The standard InChI is InChI=1S/C15H19NO3/c1-15(2,3)19-14(18)16-10-9-12(16)13(17)11-7-5-4-6-8-11/h4-8,12H,9-10H2,1-3H3. The largest absolute Gasteiger partial charge is 0.444 e. The van der Waals surface area contributed by atoms with Gasteiger partial charge in [-0.3, -0.25) is 9.69 Å². The molecule has 1 atom stereocenters. The molecule has 4 nitrogen and oxygen atoms in total. The summed E-state index contributed by atoms with van der Waals surface area (Å²) in [6, 6.07) is 8.68. The first kappa shape index (κ1) is 13.6. The third kappa shape index (κ3) is 3.13. The summed E-state index contributed by atoms with van der Waals surface area (Å²) in [5.74, 6) is -0.0160. The summed E-state index contributed by atoms with van der Waals surface area (Å²) in [5.41, 5.74) is 0.105. The summed E-state index contributed by atoms with van der Waals surface area (Å²) < 4.78 is 5.29. The lowest BCUT2D eigenvalue weighted by Gasteiger charge is -2.40. The Labute approximate surface area is 113 Å². The van der Waals surface area contributed by atoms with E-state index in [4.69, 9.17) is 4.74 Å². The minimum absolute atomic E-state index is 0.0160. The molecule has 4 heteroatoms. The van der Waals surface area contributed by atoms with Crippen LogP contribution in [0.3, 0.4) is 0 Å². The zero-order chi connectivity index (χ0) is 14.0. The SMILES string of the molecule is CC(C)(C)OC(=O)N1CCC1C(=O)c1ccccc1. The molecule has 1 fully saturated rings. The number of ether oxygens (including phenoxy) is 1. The first-order valence-electron chi connectivity index (χ1n) is 6.47. The van der Waals surface area contributed by atoms with Crippen molar-refractivity contribution in [3.05, 3.63) is 35.9 Å². The smallest absolute Gasteiger partial charge is 0.410 e. The van der Waals surface area contributed by atoms with E-state index in [1.807, 2.05) is 39.0 Å². The Balaban J connectivity index is 2.03. The summed E-state index contributed by atoms with van der Waals surface area (Å²) in [4.78, 5) is 25.7. The van der Waals surface area contributed by atoms with E-state index in [2.05, 4.69) is 0 Å². The fraction of sp³-hybridized carbons (Fsp3) is 0.467. The molecule has 0 spiro atoms. The van der Waals surface area contributed by atoms with E-state index in [0.717, 1.165) is 0 Å². The number of Topliss-reactive ketones (excluding diaryl/α,β-unsaturated/α-hetero) is 1. The molecule has 0 saturated carbocycles. The molecule has 0 aliphatic carbocycles. The quantitative estimate of drug-likeness (QED) is 0.769. The van der Waals surface area contributed by atoms with Gasteiger partial charge in [-0.05, 0) is 27.2 Å². The number of hydrogen-bond acceptors (Lipinski definition) is 3. The zero-order valence-electron chi connectivity index (χ0n) is 11.6. The number of benzene rings is 1. The maximum absolute atomic E-state index is 12.3. The van der Waals surface area contributed by atoms with Gasteiger partial charge in [-0.2, -0.15) is 0 Å². The van der Waals surface area contributed by atoms with Crippen LogP contribution >= 0.6 is 0 Å². The van der Waals surface area contributed by atoms with Crippen LogP contribution in [0.15, 0.2) is 30.3 Å². The number of rotatable bonds is 2. The number of ketones is 1. The second kappa shape index (κ2) is 5.03. The number of carbonyl (C=O) groups is 2. The maximum atomic E-state index is 12.3. The molecule has 0 radical (unpaired) electrons. The first-order valence-corrected chi connectivity index (χ1v) is 6.47. The average Bonchev–Trinajstić information content (AvgIpc) is 2.26. The van der Waals surface area contributed by atoms with E-state index in [-0.39, 0.29) is 11.8 Å². The van der Waals surface area contributed by atoms with Gasteiger partial charge in [0, 0.05) is 12.1 Å². The van der Waals surface area contributed by atoms with Gasteiger partial charge in [-0.15, -0.1) is 0 Å². The molecule has 0 aromatic heterocycles. The van der Waals surface area contributed by atoms with Gasteiger partial charge in [0.1, 0.15) is 11.6 Å². The zero-order valence-corrected chi connectivity index (χ0v) is 11.6. The van der Waals surface area contributed by atoms with Crippen molar-refractivity contribution in [2.75, 3.05) is 6.54 Å². The number of hydrogen-bond donors (Lipinski definition) is 0. The van der Waals surface area contributed by atoms with Crippen molar-refractivity contribution in [2.45, 2.75) is 38.8 Å². The van der Waals surface area contributed by atoms with E-state index in [1.54, 1.807) is 12.1 Å². The van der Waals surface area contributed by atoms with Crippen LogP contribution in [0, 0.1) is 0 Å². The predicted octanol–water partition coefficient (Wildman–Crippen LogP) is 2.88. The molecule has 1 amide bonds. The Hall–Kier alpha value is -1.84. The van der Waals surface area contributed by atoms with Crippen LogP contribution in [0.25, 0.3) is 0 Å². The van der Waals surface area contributed by atoms with Crippen molar-refractivity contribution < 1.29 is 14.3 Å². The molecular formula is C15H19NO3. The van der Waals surface area contributed by atoms with Gasteiger partial charge in [0.25, 0.3) is 0 Å². The van der Waals surface area contributed by atoms with Crippen LogP contribution < -0.4 is 0 Å². The Morgan fingerprint density at radius 1 is 1.21 bits per heavy atom. The van der Waals surface area contributed by atoms with Gasteiger partial charge in [-0.1, -0.05) is 30.3 Å². The molecule has 1 heterocycles. The maximum Gasteiger partial charge on any atom is 0.410 e. The molecule has 19 heavy (non-hydrogen) atoms. The number of likely N-dealkylation sites (tertiary alicyclic amines) is 1. The lowest BCUT2D eigenvalue weighted by atomic mass is 9.94. The minimum Gasteiger partial charge on any atom is -0.444 e. The summed E-state index contributed by atoms with van der Waals surface area (Å²) in [7, 11) is 0. The van der Waals surface area contributed by atoms with E-state index >= 15 is 0 Å². The monoisotopic (exact) mass is 261 g/mol. The third-order valence-corrected chi connectivity index (χ3v) is 3.01. The molecule has 1 unspecified atom stereocenters. The Morgan fingerprint density at radius 3 is 2.32 bits per heavy atom. The first-order chi connectivity index (χ1) is 8.88. The molecule has 1 aromatic carbocycles. The topological polar surface area (TPSA) is 46.6 Å². The van der Waals surface area contributed by atoms with Crippen molar-refractivity contribution in [3.8, 4) is 0 Å². The normalized spacial score (nSPS) is 18.7. The molecule has 1 aliphatic rings. The van der Waals surface area contributed by atoms with Gasteiger partial charge >= 0.3 is 6.09 Å². The van der Waals surface area contributed by atoms with Crippen molar-refractivity contribution in [3.63, 3.8) is 0 Å². The summed E-state index contributed by atoms with van der Waals surface area (Å²) >= 11 is 0. The highest BCUT2D eigenvalue weighted by Crippen LogP contribution is 2.24. The number of carbonyl (C=O) groups excluding carboxylic acids is 2. The van der Waals surface area contributed by atoms with Gasteiger partial charge in [0.2, 0.25) is 0 Å². The molecule has 2 rings (SSSR count). The molecule has 102 valence electrons. The highest BCUT2D eigenvalue weighted by Gasteiger charge is 2.39. The Bertz CT molecular complexity index is 476. The van der Waals surface area contributed by atoms with Crippen LogP contribution in [-0.4, -0.2) is 35.0 Å². The summed E-state index contributed by atoms with van der Waals surface area (Å²) in [5, 5.41) is 0. The van der Waals surface area contributed by atoms with Crippen LogP contribution in [0.1, 0.15) is 37.6 Å². The number of amides is 1. The van der Waals surface area contributed by atoms with Crippen LogP contribution in [0.2, 0.25) is 0 Å². The van der Waals surface area contributed by atoms with Gasteiger partial charge in [0.15, 0.2) is 5.78 Å².